The van der Waals surface area contributed by atoms with Crippen LogP contribution in [0.5, 0.6) is 0 Å². The molecule has 0 aromatic heterocycles. The Labute approximate surface area is 491 Å². The van der Waals surface area contributed by atoms with Crippen LogP contribution in [-0.2, 0) is 114 Å². The third kappa shape index (κ3) is 20.9. The Hall–Kier alpha value is -7.43. The molecule has 3 aliphatic rings. The van der Waals surface area contributed by atoms with Gasteiger partial charge in [0, 0.05) is 93.9 Å². The number of carboxylic acid groups (broad SMARTS) is 1. The van der Waals surface area contributed by atoms with Crippen molar-refractivity contribution in [3.05, 3.63) is 46.7 Å². The smallest absolute Gasteiger partial charge is 0.309 e. The van der Waals surface area contributed by atoms with E-state index in [1.54, 1.807) is 6.92 Å². The second-order valence-electron chi connectivity index (χ2n) is 21.4. The highest BCUT2D eigenvalue weighted by Gasteiger charge is 2.63. The van der Waals surface area contributed by atoms with Crippen molar-refractivity contribution in [1.29, 1.82) is 0 Å². The van der Waals surface area contributed by atoms with Gasteiger partial charge in [-0.3, -0.25) is 52.7 Å². The molecule has 0 aromatic rings. The molecule has 85 heavy (non-hydrogen) atoms. The molecule has 28 nitrogen and oxygen atoms in total. The molecule has 11 atom stereocenters. The number of allylic oxidation sites excluding steroid dienone is 1. The second-order valence-corrected chi connectivity index (χ2v) is 21.4. The van der Waals surface area contributed by atoms with E-state index in [0.717, 1.165) is 74.8 Å². The Morgan fingerprint density at radius 2 is 0.859 bits per heavy atom. The molecule has 0 bridgehead atoms. The minimum Gasteiger partial charge on any atom is -0.481 e. The number of carbonyl (C=O) groups is 11. The van der Waals surface area contributed by atoms with Crippen molar-refractivity contribution >= 4 is 65.7 Å². The van der Waals surface area contributed by atoms with Crippen molar-refractivity contribution in [2.45, 2.75) is 191 Å². The van der Waals surface area contributed by atoms with Crippen molar-refractivity contribution < 1.29 is 135 Å². The number of carbonyl (C=O) groups excluding carboxylic acids is 10. The van der Waals surface area contributed by atoms with E-state index in [0.29, 0.717) is 51.4 Å². The Balaban J connectivity index is 2.64. The zero-order valence-electron chi connectivity index (χ0n) is 50.0. The van der Waals surface area contributed by atoms with E-state index < -0.39 is 199 Å². The molecule has 4 N–H and O–H groups in total. The molecule has 3 rings (SSSR count). The van der Waals surface area contributed by atoms with Gasteiger partial charge in [0.1, 0.15) is 0 Å². The van der Waals surface area contributed by atoms with E-state index >= 15 is 0 Å². The number of aliphatic carboxylic acids is 1. The maximum Gasteiger partial charge on any atom is 0.309 e. The lowest BCUT2D eigenvalue weighted by Gasteiger charge is -2.64. The minimum absolute atomic E-state index is 0.290. The zero-order chi connectivity index (χ0) is 64.3. The van der Waals surface area contributed by atoms with E-state index in [-0.39, 0.29) is 11.8 Å². The summed E-state index contributed by atoms with van der Waals surface area (Å²) >= 11 is 0. The van der Waals surface area contributed by atoms with Crippen LogP contribution in [0.4, 0.5) is 0 Å². The highest BCUT2D eigenvalue weighted by atomic mass is 16.7. The van der Waals surface area contributed by atoms with Gasteiger partial charge in [-0.25, -0.2) is 0 Å². The lowest BCUT2D eigenvalue weighted by molar-refractivity contribution is -0.210. The summed E-state index contributed by atoms with van der Waals surface area (Å²) in [5.74, 6) is -18.9. The molecule has 28 heteroatoms. The molecule has 3 fully saturated rings. The minimum atomic E-state index is -2.92. The van der Waals surface area contributed by atoms with Gasteiger partial charge in [-0.05, 0) is 69.1 Å². The lowest BCUT2D eigenvalue weighted by atomic mass is 9.40. The second kappa shape index (κ2) is 32.2. The lowest BCUT2D eigenvalue weighted by Crippen LogP contribution is -2.60. The molecule has 0 aliphatic heterocycles. The van der Waals surface area contributed by atoms with Gasteiger partial charge < -0.3 is 82.0 Å². The van der Waals surface area contributed by atoms with Crippen LogP contribution in [0.25, 0.3) is 0 Å². The normalized spacial score (nSPS) is 23.8. The van der Waals surface area contributed by atoms with Crippen molar-refractivity contribution in [2.24, 2.45) is 28.1 Å². The van der Waals surface area contributed by atoms with Crippen LogP contribution in [0.2, 0.25) is 0 Å². The van der Waals surface area contributed by atoms with Crippen LogP contribution in [0.1, 0.15) is 154 Å². The van der Waals surface area contributed by atoms with Crippen molar-refractivity contribution in [2.75, 3.05) is 26.4 Å². The van der Waals surface area contributed by atoms with Crippen LogP contribution in [0, 0.1) is 28.1 Å². The first-order valence-corrected chi connectivity index (χ1v) is 27.3. The molecule has 0 spiro atoms. The number of aliphatic hydroxyl groups is 3. The molecular weight excluding hydrogens is 1130 g/mol. The summed E-state index contributed by atoms with van der Waals surface area (Å²) in [5, 5.41) is 48.1. The van der Waals surface area contributed by atoms with E-state index in [4.69, 9.17) is 61.6 Å². The summed E-state index contributed by atoms with van der Waals surface area (Å²) in [5.41, 5.74) is -1.85. The summed E-state index contributed by atoms with van der Waals surface area (Å²) in [4.78, 5) is 139. The first-order valence-electron chi connectivity index (χ1n) is 27.3. The van der Waals surface area contributed by atoms with E-state index in [1.165, 1.54) is 0 Å². The quantitative estimate of drug-likeness (QED) is 0.0251. The fourth-order valence-electron chi connectivity index (χ4n) is 11.6. The van der Waals surface area contributed by atoms with Gasteiger partial charge in [-0.15, -0.1) is 0 Å². The molecule has 0 aromatic carbocycles. The number of ether oxygens (including phenoxy) is 13. The van der Waals surface area contributed by atoms with Crippen LogP contribution in [0.15, 0.2) is 46.7 Å². The van der Waals surface area contributed by atoms with Crippen LogP contribution >= 0.6 is 0 Å². The Morgan fingerprint density at radius 3 is 1.24 bits per heavy atom. The monoisotopic (exact) mass is 1210 g/mol. The van der Waals surface area contributed by atoms with Crippen LogP contribution in [-0.4, -0.2) is 150 Å². The van der Waals surface area contributed by atoms with Crippen molar-refractivity contribution in [3.8, 4) is 0 Å². The Kier molecular flexibility index (Phi) is 27.2. The van der Waals surface area contributed by atoms with Crippen molar-refractivity contribution in [1.82, 2.24) is 0 Å². The van der Waals surface area contributed by atoms with Crippen LogP contribution < -0.4 is 0 Å². The summed E-state index contributed by atoms with van der Waals surface area (Å²) in [7, 11) is 0. The predicted molar refractivity (Wildman–Crippen MR) is 284 cm³/mol. The van der Waals surface area contributed by atoms with E-state index in [2.05, 4.69) is 6.58 Å². The average molecular weight is 1210 g/mol. The largest absolute Gasteiger partial charge is 0.481 e. The summed E-state index contributed by atoms with van der Waals surface area (Å²) < 4.78 is 71.7. The van der Waals surface area contributed by atoms with E-state index in [1.807, 2.05) is 6.92 Å². The van der Waals surface area contributed by atoms with Gasteiger partial charge in [0.2, 0.25) is 17.8 Å². The molecule has 0 amide bonds. The zero-order valence-corrected chi connectivity index (χ0v) is 50.0. The third-order valence-corrected chi connectivity index (χ3v) is 14.6. The van der Waals surface area contributed by atoms with Gasteiger partial charge in [0.15, 0.2) is 41.3 Å². The number of hydrogen-bond acceptors (Lipinski definition) is 27. The Bertz CT molecular complexity index is 2610. The van der Waals surface area contributed by atoms with E-state index in [9.17, 15) is 73.2 Å². The third-order valence-electron chi connectivity index (χ3n) is 14.6. The number of carboxylic acids is 1. The fraction of sp³-hybridized carbons (Fsp3) is 0.667. The van der Waals surface area contributed by atoms with Gasteiger partial charge >= 0.3 is 65.7 Å². The molecule has 0 radical (unpaired) electrons. The molecule has 0 heterocycles. The highest BCUT2D eigenvalue weighted by Crippen LogP contribution is 2.68. The number of fused-ring (bicyclic) bond motifs is 3. The number of esters is 10. The summed E-state index contributed by atoms with van der Waals surface area (Å²) in [6, 6.07) is 0. The topological polar surface area (TPSA) is 389 Å². The maximum absolute atomic E-state index is 13.2. The highest BCUT2D eigenvalue weighted by molar-refractivity contribution is 5.75. The molecule has 0 saturated heterocycles. The average Bonchev–Trinajstić information content (AvgIpc) is 0.843. The molecular formula is C57H80O28. The van der Waals surface area contributed by atoms with Crippen LogP contribution in [0.3, 0.4) is 0 Å². The summed E-state index contributed by atoms with van der Waals surface area (Å²) in [6.07, 6.45) is -12.4. The predicted octanol–water partition coefficient (Wildman–Crippen LogP) is 4.57. The maximum atomic E-state index is 13.2. The standard InChI is InChI=1S/C57H80O28/c1-29-15-16-44-55(12)21-14-22-56(13,54(71)72)43(55)17-23-57(44,27-29)28-76-51(68)48(85-53(70)50(83-39(11)67)46(81-37(9)65)41(78-34(6)62)19-25-74-31(3)59)47(42(79-35(7)63)20-26-75-32(4)60)84-52(69)49(82-38(10)66)45(80-36(8)64)40(77-33(5)61)18-24-73-30(2)58/h40-44,51-53,68-70H,1,14-28H2,2-13H3,(H,71,72)/b48-47-,49-45+,50-46-/t40?,41?,42?,43?,44-,51?,52?,53?,55+,56+,57?/m0/s1. The number of rotatable bonds is 30. The van der Waals surface area contributed by atoms with Gasteiger partial charge in [-0.2, -0.15) is 0 Å². The molecule has 3 saturated carbocycles. The molecule has 476 valence electrons. The molecule has 3 aliphatic carbocycles. The van der Waals surface area contributed by atoms with Gasteiger partial charge in [0.25, 0.3) is 12.6 Å². The first kappa shape index (κ1) is 71.8. The number of aliphatic hydroxyl groups excluding tert-OH is 3. The van der Waals surface area contributed by atoms with Gasteiger partial charge in [-0.1, -0.05) is 25.5 Å². The number of hydrogen-bond donors (Lipinski definition) is 4. The first-order chi connectivity index (χ1) is 39.6. The Morgan fingerprint density at radius 1 is 0.471 bits per heavy atom. The molecule has 8 unspecified atom stereocenters. The van der Waals surface area contributed by atoms with Crippen molar-refractivity contribution in [3.63, 3.8) is 0 Å². The van der Waals surface area contributed by atoms with Gasteiger partial charge in [0.05, 0.1) is 31.8 Å². The summed E-state index contributed by atoms with van der Waals surface area (Å²) in [6.45, 7) is 15.0. The SMILES string of the molecule is C=C1CC[C@@H]2C(COC(O)/C(OC(O)/C(OC(C)=O)=C(/OC(C)=O)C(CCOC(C)=O)OC(C)=O)=C(/OC(O)/C(OC(C)=O)=C(\OC(C)=O)C(CCOC(C)=O)OC(C)=O)C(CCOC(C)=O)OC(C)=O)(CCC3[C@](C)(C(=O)O)CCC[C@]32C)C1. The fourth-order valence-corrected chi connectivity index (χ4v) is 11.6.